The van der Waals surface area contributed by atoms with E-state index in [-0.39, 0.29) is 13.2 Å². The zero-order valence-electron chi connectivity index (χ0n) is 9.86. The molecule has 0 fully saturated rings. The number of hydrogen-bond acceptors (Lipinski definition) is 4. The molecule has 0 atom stereocenters. The number of hydrogen-bond donors (Lipinski definition) is 1. The summed E-state index contributed by atoms with van der Waals surface area (Å²) in [6, 6.07) is 7.32. The van der Waals surface area contributed by atoms with Crippen molar-refractivity contribution in [3.8, 4) is 5.75 Å². The third kappa shape index (κ3) is 4.55. The number of ether oxygens (including phenoxy) is 2. The van der Waals surface area contributed by atoms with Gasteiger partial charge in [-0.3, -0.25) is 10.1 Å². The van der Waals surface area contributed by atoms with E-state index in [1.165, 1.54) is 0 Å². The Hall–Kier alpha value is -2.04. The van der Waals surface area contributed by atoms with E-state index in [2.05, 4.69) is 4.74 Å². The van der Waals surface area contributed by atoms with Crippen LogP contribution in [0.5, 0.6) is 5.75 Å². The Morgan fingerprint density at radius 1 is 1.29 bits per heavy atom. The molecular formula is C12H15NO4. The van der Waals surface area contributed by atoms with Crippen LogP contribution in [0.15, 0.2) is 24.3 Å². The van der Waals surface area contributed by atoms with Crippen molar-refractivity contribution in [3.63, 3.8) is 0 Å². The van der Waals surface area contributed by atoms with Crippen molar-refractivity contribution >= 4 is 12.0 Å². The predicted molar refractivity (Wildman–Crippen MR) is 61.8 cm³/mol. The fourth-order valence-corrected chi connectivity index (χ4v) is 1.18. The van der Waals surface area contributed by atoms with Crippen LogP contribution in [0.3, 0.4) is 0 Å². The Kier molecular flexibility index (Phi) is 5.00. The van der Waals surface area contributed by atoms with Crippen LogP contribution in [0.4, 0.5) is 4.79 Å². The number of rotatable bonds is 4. The summed E-state index contributed by atoms with van der Waals surface area (Å²) in [5.41, 5.74) is 0.927. The summed E-state index contributed by atoms with van der Waals surface area (Å²) in [6.07, 6.45) is -0.758. The summed E-state index contributed by atoms with van der Waals surface area (Å²) in [4.78, 5) is 22.2. The number of alkyl carbamates (subject to hydrolysis) is 1. The van der Waals surface area contributed by atoms with Gasteiger partial charge in [0.05, 0.1) is 6.61 Å². The van der Waals surface area contributed by atoms with E-state index in [9.17, 15) is 9.59 Å². The second-order valence-corrected chi connectivity index (χ2v) is 3.32. The number of imide groups is 1. The van der Waals surface area contributed by atoms with E-state index < -0.39 is 12.0 Å². The molecule has 5 heteroatoms. The van der Waals surface area contributed by atoms with Gasteiger partial charge in [-0.15, -0.1) is 0 Å². The number of benzene rings is 1. The van der Waals surface area contributed by atoms with Crippen molar-refractivity contribution in [1.29, 1.82) is 0 Å². The molecule has 0 aromatic heterocycles. The fraction of sp³-hybridized carbons (Fsp3) is 0.333. The number of carbonyl (C=O) groups is 2. The summed E-state index contributed by atoms with van der Waals surface area (Å²) >= 11 is 0. The summed E-state index contributed by atoms with van der Waals surface area (Å²) in [5.74, 6) is 0.0817. The highest BCUT2D eigenvalue weighted by molar-refractivity contribution is 5.92. The molecular weight excluding hydrogens is 222 g/mol. The first-order valence-electron chi connectivity index (χ1n) is 5.28. The average molecular weight is 237 g/mol. The van der Waals surface area contributed by atoms with Gasteiger partial charge in [0, 0.05) is 0 Å². The summed E-state index contributed by atoms with van der Waals surface area (Å²) in [6.45, 7) is 3.54. The maximum absolute atomic E-state index is 11.3. The monoisotopic (exact) mass is 237 g/mol. The van der Waals surface area contributed by atoms with Crippen LogP contribution in [0, 0.1) is 6.92 Å². The molecule has 2 amide bonds. The zero-order valence-corrected chi connectivity index (χ0v) is 9.86. The minimum Gasteiger partial charge on any atom is -0.483 e. The molecule has 0 unspecified atom stereocenters. The van der Waals surface area contributed by atoms with Gasteiger partial charge < -0.3 is 9.47 Å². The Morgan fingerprint density at radius 2 is 2.00 bits per heavy atom. The molecule has 1 aromatic rings. The molecule has 92 valence electrons. The van der Waals surface area contributed by atoms with E-state index >= 15 is 0 Å². The van der Waals surface area contributed by atoms with Gasteiger partial charge in [0.1, 0.15) is 5.75 Å². The Balaban J connectivity index is 2.38. The third-order valence-electron chi connectivity index (χ3n) is 1.97. The van der Waals surface area contributed by atoms with Gasteiger partial charge >= 0.3 is 6.09 Å². The smallest absolute Gasteiger partial charge is 0.413 e. The zero-order chi connectivity index (χ0) is 12.7. The maximum atomic E-state index is 11.3. The quantitative estimate of drug-likeness (QED) is 0.864. The molecule has 1 rings (SSSR count). The molecule has 5 nitrogen and oxygen atoms in total. The van der Waals surface area contributed by atoms with E-state index in [4.69, 9.17) is 4.74 Å². The molecule has 0 saturated heterocycles. The first-order valence-corrected chi connectivity index (χ1v) is 5.28. The topological polar surface area (TPSA) is 64.6 Å². The lowest BCUT2D eigenvalue weighted by molar-refractivity contribution is -0.122. The second-order valence-electron chi connectivity index (χ2n) is 3.32. The largest absolute Gasteiger partial charge is 0.483 e. The third-order valence-corrected chi connectivity index (χ3v) is 1.97. The van der Waals surface area contributed by atoms with E-state index in [1.807, 2.05) is 30.4 Å². The van der Waals surface area contributed by atoms with E-state index in [1.54, 1.807) is 13.0 Å². The van der Waals surface area contributed by atoms with Gasteiger partial charge in [-0.2, -0.15) is 0 Å². The first kappa shape index (κ1) is 13.0. The normalized spacial score (nSPS) is 9.53. The second kappa shape index (κ2) is 6.52. The number of para-hydroxylation sites is 1. The molecule has 1 aromatic carbocycles. The highest BCUT2D eigenvalue weighted by Crippen LogP contribution is 2.15. The van der Waals surface area contributed by atoms with Crippen molar-refractivity contribution in [1.82, 2.24) is 5.32 Å². The van der Waals surface area contributed by atoms with Gasteiger partial charge in [-0.05, 0) is 25.5 Å². The van der Waals surface area contributed by atoms with Gasteiger partial charge in [0.15, 0.2) is 6.61 Å². The minimum absolute atomic E-state index is 0.219. The molecule has 0 saturated carbocycles. The van der Waals surface area contributed by atoms with Crippen molar-refractivity contribution < 1.29 is 19.1 Å². The molecule has 17 heavy (non-hydrogen) atoms. The summed E-state index contributed by atoms with van der Waals surface area (Å²) in [5, 5.41) is 2.05. The van der Waals surface area contributed by atoms with Gasteiger partial charge in [-0.1, -0.05) is 18.2 Å². The molecule has 1 N–H and O–H groups in total. The fourth-order valence-electron chi connectivity index (χ4n) is 1.18. The molecule has 0 radical (unpaired) electrons. The van der Waals surface area contributed by atoms with E-state index in [0.29, 0.717) is 5.75 Å². The Bertz CT molecular complexity index is 403. The maximum Gasteiger partial charge on any atom is 0.413 e. The minimum atomic E-state index is -0.758. The summed E-state index contributed by atoms with van der Waals surface area (Å²) in [7, 11) is 0. The van der Waals surface area contributed by atoms with Crippen LogP contribution >= 0.6 is 0 Å². The van der Waals surface area contributed by atoms with E-state index in [0.717, 1.165) is 5.56 Å². The highest BCUT2D eigenvalue weighted by Gasteiger charge is 2.09. The predicted octanol–water partition coefficient (Wildman–Crippen LogP) is 1.65. The standard InChI is InChI=1S/C12H15NO4/c1-3-16-12(15)13-11(14)8-17-10-7-5-4-6-9(10)2/h4-7H,3,8H2,1-2H3,(H,13,14,15). The van der Waals surface area contributed by atoms with Crippen molar-refractivity contribution in [2.45, 2.75) is 13.8 Å². The SMILES string of the molecule is CCOC(=O)NC(=O)COc1ccccc1C. The van der Waals surface area contributed by atoms with Gasteiger partial charge in [0.2, 0.25) is 0 Å². The molecule has 0 bridgehead atoms. The molecule has 0 aliphatic rings. The average Bonchev–Trinajstić information content (AvgIpc) is 2.28. The van der Waals surface area contributed by atoms with Crippen LogP contribution < -0.4 is 10.1 Å². The van der Waals surface area contributed by atoms with Crippen molar-refractivity contribution in [2.75, 3.05) is 13.2 Å². The number of carbonyl (C=O) groups excluding carboxylic acids is 2. The van der Waals surface area contributed by atoms with Crippen molar-refractivity contribution in [2.24, 2.45) is 0 Å². The Morgan fingerprint density at radius 3 is 2.65 bits per heavy atom. The van der Waals surface area contributed by atoms with Crippen LogP contribution in [0.2, 0.25) is 0 Å². The lowest BCUT2D eigenvalue weighted by Crippen LogP contribution is -2.34. The molecule has 0 spiro atoms. The number of nitrogens with one attached hydrogen (secondary N) is 1. The summed E-state index contributed by atoms with van der Waals surface area (Å²) < 4.78 is 9.82. The number of aryl methyl sites for hydroxylation is 1. The van der Waals surface area contributed by atoms with Gasteiger partial charge in [0.25, 0.3) is 5.91 Å². The molecule has 0 heterocycles. The van der Waals surface area contributed by atoms with Crippen LogP contribution in [0.25, 0.3) is 0 Å². The molecule has 0 aliphatic heterocycles. The molecule has 0 aliphatic carbocycles. The number of amides is 2. The lowest BCUT2D eigenvalue weighted by atomic mass is 10.2. The van der Waals surface area contributed by atoms with Crippen LogP contribution in [-0.4, -0.2) is 25.2 Å². The lowest BCUT2D eigenvalue weighted by Gasteiger charge is -2.08. The van der Waals surface area contributed by atoms with Gasteiger partial charge in [-0.25, -0.2) is 4.79 Å². The van der Waals surface area contributed by atoms with Crippen LogP contribution in [-0.2, 0) is 9.53 Å². The Labute approximate surface area is 99.7 Å². The van der Waals surface area contributed by atoms with Crippen LogP contribution in [0.1, 0.15) is 12.5 Å². The first-order chi connectivity index (χ1) is 8.13. The van der Waals surface area contributed by atoms with Crippen molar-refractivity contribution in [3.05, 3.63) is 29.8 Å². The highest BCUT2D eigenvalue weighted by atomic mass is 16.5.